The smallest absolute Gasteiger partial charge is 0.160 e. The quantitative estimate of drug-likeness (QED) is 0.632. The van der Waals surface area contributed by atoms with E-state index in [2.05, 4.69) is 0 Å². The Morgan fingerprint density at radius 2 is 1.35 bits per heavy atom. The van der Waals surface area contributed by atoms with E-state index in [0.717, 1.165) is 11.8 Å². The van der Waals surface area contributed by atoms with Gasteiger partial charge in [-0.1, -0.05) is 11.1 Å². The Bertz CT molecular complexity index is 598. The van der Waals surface area contributed by atoms with Crippen molar-refractivity contribution in [2.45, 2.75) is 32.1 Å². The highest BCUT2D eigenvalue weighted by atomic mass is 16.1. The fourth-order valence-corrected chi connectivity index (χ4v) is 7.05. The summed E-state index contributed by atoms with van der Waals surface area (Å²) in [6.45, 7) is 0. The van der Waals surface area contributed by atoms with Crippen molar-refractivity contribution in [3.8, 4) is 0 Å². The van der Waals surface area contributed by atoms with Crippen LogP contribution in [0.5, 0.6) is 0 Å². The van der Waals surface area contributed by atoms with Gasteiger partial charge in [0, 0.05) is 11.8 Å². The van der Waals surface area contributed by atoms with Crippen molar-refractivity contribution in [3.63, 3.8) is 0 Å². The Hall–Kier alpha value is -1.18. The second-order valence-electron chi connectivity index (χ2n) is 8.00. The molecule has 0 aromatic carbocycles. The molecule has 6 unspecified atom stereocenters. The lowest BCUT2D eigenvalue weighted by molar-refractivity contribution is -0.129. The average Bonchev–Trinajstić information content (AvgIpc) is 2.78. The van der Waals surface area contributed by atoms with Gasteiger partial charge in [0.15, 0.2) is 11.6 Å². The molecule has 102 valence electrons. The summed E-state index contributed by atoms with van der Waals surface area (Å²) in [4.78, 5) is 24.9. The second kappa shape index (κ2) is 2.88. The molecule has 0 amide bonds. The first-order valence-electron chi connectivity index (χ1n) is 8.22. The molecule has 6 aliphatic rings. The number of hydrogen-bond acceptors (Lipinski definition) is 2. The number of hydrogen-bond donors (Lipinski definition) is 0. The third-order valence-electron chi connectivity index (χ3n) is 7.56. The van der Waals surface area contributed by atoms with Gasteiger partial charge in [0.1, 0.15) is 0 Å². The molecule has 3 fully saturated rings. The fourth-order valence-electron chi connectivity index (χ4n) is 7.05. The Kier molecular flexibility index (Phi) is 1.52. The van der Waals surface area contributed by atoms with Crippen LogP contribution >= 0.6 is 0 Å². The molecule has 20 heavy (non-hydrogen) atoms. The van der Waals surface area contributed by atoms with Crippen molar-refractivity contribution in [1.29, 1.82) is 0 Å². The number of allylic oxidation sites excluding steroid dienone is 4. The van der Waals surface area contributed by atoms with Crippen molar-refractivity contribution in [2.75, 3.05) is 0 Å². The Morgan fingerprint density at radius 3 is 1.80 bits per heavy atom. The van der Waals surface area contributed by atoms with Crippen LogP contribution in [0.1, 0.15) is 32.1 Å². The molecule has 6 rings (SSSR count). The predicted molar refractivity (Wildman–Crippen MR) is 72.6 cm³/mol. The van der Waals surface area contributed by atoms with E-state index in [1.807, 2.05) is 0 Å². The molecular formula is C18H18O2. The lowest BCUT2D eigenvalue weighted by Crippen LogP contribution is -2.38. The van der Waals surface area contributed by atoms with Crippen LogP contribution in [0.2, 0.25) is 0 Å². The molecule has 1 spiro atoms. The van der Waals surface area contributed by atoms with Crippen molar-refractivity contribution in [1.82, 2.24) is 0 Å². The minimum absolute atomic E-state index is 0.0260. The van der Waals surface area contributed by atoms with Gasteiger partial charge < -0.3 is 0 Å². The van der Waals surface area contributed by atoms with Gasteiger partial charge in [0.2, 0.25) is 0 Å². The number of rotatable bonds is 0. The van der Waals surface area contributed by atoms with Gasteiger partial charge in [-0.2, -0.15) is 0 Å². The molecule has 0 radical (unpaired) electrons. The van der Waals surface area contributed by atoms with Crippen LogP contribution in [0.25, 0.3) is 0 Å². The number of carbonyl (C=O) groups excluding carboxylic acids is 2. The van der Waals surface area contributed by atoms with Gasteiger partial charge in [-0.05, 0) is 73.3 Å². The molecule has 0 aromatic heterocycles. The third kappa shape index (κ3) is 0.864. The third-order valence-corrected chi connectivity index (χ3v) is 7.56. The van der Waals surface area contributed by atoms with E-state index >= 15 is 0 Å². The lowest BCUT2D eigenvalue weighted by Gasteiger charge is -2.35. The van der Waals surface area contributed by atoms with Crippen molar-refractivity contribution < 1.29 is 9.59 Å². The van der Waals surface area contributed by atoms with Crippen molar-refractivity contribution in [3.05, 3.63) is 23.3 Å². The molecule has 6 atom stereocenters. The minimum Gasteiger partial charge on any atom is -0.294 e. The normalized spacial score (nSPS) is 52.2. The molecule has 2 heteroatoms. The van der Waals surface area contributed by atoms with Gasteiger partial charge in [-0.3, -0.25) is 9.59 Å². The van der Waals surface area contributed by atoms with E-state index in [0.29, 0.717) is 17.3 Å². The summed E-state index contributed by atoms with van der Waals surface area (Å²) in [7, 11) is 0. The summed E-state index contributed by atoms with van der Waals surface area (Å²) in [5, 5.41) is 0. The molecule has 3 saturated carbocycles. The highest BCUT2D eigenvalue weighted by Gasteiger charge is 2.76. The van der Waals surface area contributed by atoms with Crippen molar-refractivity contribution in [2.24, 2.45) is 40.9 Å². The number of fused-ring (bicyclic) bond motifs is 9. The topological polar surface area (TPSA) is 34.1 Å². The van der Waals surface area contributed by atoms with Crippen LogP contribution in [0.15, 0.2) is 23.3 Å². The summed E-state index contributed by atoms with van der Waals surface area (Å²) in [6, 6.07) is 0. The van der Waals surface area contributed by atoms with Crippen LogP contribution < -0.4 is 0 Å². The summed E-state index contributed by atoms with van der Waals surface area (Å²) >= 11 is 0. The zero-order valence-corrected chi connectivity index (χ0v) is 11.5. The summed E-state index contributed by atoms with van der Waals surface area (Å²) in [5.41, 5.74) is 3.75. The Labute approximate surface area is 118 Å². The monoisotopic (exact) mass is 266 g/mol. The van der Waals surface area contributed by atoms with E-state index in [9.17, 15) is 9.59 Å². The number of ketones is 2. The maximum absolute atomic E-state index is 12.5. The summed E-state index contributed by atoms with van der Waals surface area (Å²) in [6.07, 6.45) is 9.71. The Balaban J connectivity index is 1.61. The van der Waals surface area contributed by atoms with E-state index in [-0.39, 0.29) is 23.4 Å². The first kappa shape index (κ1) is 10.5. The molecule has 0 N–H and O–H groups in total. The largest absolute Gasteiger partial charge is 0.294 e. The van der Waals surface area contributed by atoms with Crippen LogP contribution in [-0.4, -0.2) is 11.6 Å². The van der Waals surface area contributed by atoms with Gasteiger partial charge in [0.05, 0.1) is 0 Å². The molecule has 0 aromatic rings. The van der Waals surface area contributed by atoms with Gasteiger partial charge in [0.25, 0.3) is 0 Å². The minimum atomic E-state index is 0.0260. The van der Waals surface area contributed by atoms with E-state index in [4.69, 9.17) is 0 Å². The van der Waals surface area contributed by atoms with Crippen LogP contribution in [0.4, 0.5) is 0 Å². The fraction of sp³-hybridized carbons (Fsp3) is 0.667. The number of carbonyl (C=O) groups is 2. The molecule has 6 aliphatic carbocycles. The lowest BCUT2D eigenvalue weighted by atomic mass is 9.67. The average molecular weight is 266 g/mol. The van der Waals surface area contributed by atoms with Gasteiger partial charge >= 0.3 is 0 Å². The highest BCUT2D eigenvalue weighted by molar-refractivity contribution is 6.09. The van der Waals surface area contributed by atoms with Crippen LogP contribution in [-0.2, 0) is 9.59 Å². The van der Waals surface area contributed by atoms with E-state index in [1.54, 1.807) is 23.3 Å². The van der Waals surface area contributed by atoms with Gasteiger partial charge in [-0.25, -0.2) is 0 Å². The first-order valence-corrected chi connectivity index (χ1v) is 8.22. The second-order valence-corrected chi connectivity index (χ2v) is 8.00. The maximum atomic E-state index is 12.5. The van der Waals surface area contributed by atoms with E-state index < -0.39 is 0 Å². The predicted octanol–water partition coefficient (Wildman–Crippen LogP) is 2.69. The molecular weight excluding hydrogens is 248 g/mol. The summed E-state index contributed by atoms with van der Waals surface area (Å²) < 4.78 is 0. The highest BCUT2D eigenvalue weighted by Crippen LogP contribution is 2.81. The van der Waals surface area contributed by atoms with Crippen LogP contribution in [0.3, 0.4) is 0 Å². The standard InChI is InChI=1S/C18H18O2/c19-10-3-4-11(20)15-14(10)16-12-8-1-2-9(7-8)13(12)17(15)18(16)5-6-18/h3-4,8-9,14-17H,1-2,5-7H2. The zero-order valence-electron chi connectivity index (χ0n) is 11.5. The maximum Gasteiger partial charge on any atom is 0.160 e. The molecule has 4 bridgehead atoms. The molecule has 0 heterocycles. The Morgan fingerprint density at radius 1 is 0.850 bits per heavy atom. The first-order chi connectivity index (χ1) is 9.72. The zero-order chi connectivity index (χ0) is 13.2. The SMILES string of the molecule is O=C1C=CC(=O)C2C1C1C3=C(C4CCC3C4)C2C12CC2. The van der Waals surface area contributed by atoms with Crippen LogP contribution in [0, 0.1) is 40.9 Å². The van der Waals surface area contributed by atoms with Crippen molar-refractivity contribution >= 4 is 11.6 Å². The van der Waals surface area contributed by atoms with Gasteiger partial charge in [-0.15, -0.1) is 0 Å². The molecule has 0 saturated heterocycles. The summed E-state index contributed by atoms with van der Waals surface area (Å²) in [5.74, 6) is 3.03. The molecule has 2 nitrogen and oxygen atoms in total. The molecule has 0 aliphatic heterocycles. The van der Waals surface area contributed by atoms with E-state index in [1.165, 1.54) is 32.1 Å².